The maximum Gasteiger partial charge on any atom is 0.289 e. The fourth-order valence-electron chi connectivity index (χ4n) is 3.93. The molecule has 1 amide bonds. The van der Waals surface area contributed by atoms with E-state index in [-0.39, 0.29) is 17.9 Å². The van der Waals surface area contributed by atoms with E-state index in [9.17, 15) is 4.79 Å². The molecule has 27 heavy (non-hydrogen) atoms. The second kappa shape index (κ2) is 7.68. The van der Waals surface area contributed by atoms with Gasteiger partial charge < -0.3 is 19.4 Å². The minimum Gasteiger partial charge on any atom is -0.476 e. The lowest BCUT2D eigenvalue weighted by atomic mass is 9.87. The third kappa shape index (κ3) is 3.83. The largest absolute Gasteiger partial charge is 0.476 e. The highest BCUT2D eigenvalue weighted by Crippen LogP contribution is 2.26. The fourth-order valence-corrected chi connectivity index (χ4v) is 3.93. The average molecular weight is 370 g/mol. The van der Waals surface area contributed by atoms with Crippen LogP contribution in [0.25, 0.3) is 11.0 Å². The maximum atomic E-state index is 12.7. The van der Waals surface area contributed by atoms with Crippen LogP contribution in [0.5, 0.6) is 0 Å². The normalized spacial score (nSPS) is 22.1. The molecule has 2 aliphatic rings. The summed E-state index contributed by atoms with van der Waals surface area (Å²) in [6.45, 7) is 4.72. The number of hydrogen-bond donors (Lipinski definition) is 2. The summed E-state index contributed by atoms with van der Waals surface area (Å²) in [5.74, 6) is 1.13. The third-order valence-electron chi connectivity index (χ3n) is 5.70. The molecule has 2 aromatic rings. The Labute approximate surface area is 158 Å². The highest BCUT2D eigenvalue weighted by molar-refractivity contribution is 5.94. The van der Waals surface area contributed by atoms with Crippen molar-refractivity contribution in [1.29, 1.82) is 5.41 Å². The molecule has 0 aliphatic carbocycles. The van der Waals surface area contributed by atoms with Crippen LogP contribution in [0.15, 0.2) is 24.3 Å². The second-order valence-corrected chi connectivity index (χ2v) is 7.48. The number of nitrogens with one attached hydrogen (secondary N) is 2. The zero-order chi connectivity index (χ0) is 18.8. The molecule has 7 nitrogen and oxygen atoms in total. The summed E-state index contributed by atoms with van der Waals surface area (Å²) in [5.41, 5.74) is 1.65. The monoisotopic (exact) mass is 370 g/mol. The number of carbonyl (C=O) groups excluding carboxylic acids is 1. The van der Waals surface area contributed by atoms with Gasteiger partial charge in [-0.3, -0.25) is 10.2 Å². The van der Waals surface area contributed by atoms with Gasteiger partial charge in [-0.25, -0.2) is 4.98 Å². The van der Waals surface area contributed by atoms with E-state index in [1.54, 1.807) is 4.90 Å². The minimum atomic E-state index is -0.117. The number of imidazole rings is 1. The molecule has 144 valence electrons. The number of aromatic nitrogens is 2. The number of hydrogen-bond acceptors (Lipinski definition) is 5. The summed E-state index contributed by atoms with van der Waals surface area (Å²) in [6, 6.07) is 7.62. The average Bonchev–Trinajstić information content (AvgIpc) is 3.34. The van der Waals surface area contributed by atoms with Gasteiger partial charge in [-0.2, -0.15) is 0 Å². The van der Waals surface area contributed by atoms with Crippen LogP contribution >= 0.6 is 0 Å². The van der Waals surface area contributed by atoms with Gasteiger partial charge in [-0.05, 0) is 30.9 Å². The quantitative estimate of drug-likeness (QED) is 0.639. The van der Waals surface area contributed by atoms with E-state index in [1.807, 2.05) is 24.3 Å². The van der Waals surface area contributed by atoms with Gasteiger partial charge in [-0.1, -0.05) is 19.1 Å². The molecule has 2 fully saturated rings. The topological polar surface area (TPSA) is 91.3 Å². The van der Waals surface area contributed by atoms with Crippen molar-refractivity contribution < 1.29 is 14.3 Å². The van der Waals surface area contributed by atoms with Crippen LogP contribution in [0.1, 0.15) is 36.8 Å². The molecular formula is C20H26N4O3. The van der Waals surface area contributed by atoms with Crippen molar-refractivity contribution in [2.24, 2.45) is 11.8 Å². The number of nitrogens with zero attached hydrogens (tertiary/aromatic N) is 2. The summed E-state index contributed by atoms with van der Waals surface area (Å²) in [6.07, 6.45) is 2.59. The smallest absolute Gasteiger partial charge is 0.289 e. The Bertz CT molecular complexity index is 794. The Kier molecular flexibility index (Phi) is 5.11. The Morgan fingerprint density at radius 1 is 1.33 bits per heavy atom. The number of aromatic amines is 1. The standard InChI is InChI=1S/C20H26N4O3/c1-13(14-7-10-26-11-8-14)18(21)27-15-6-9-24(12-15)20(25)19-22-16-4-2-3-5-17(16)23-19/h2-5,13-15,21H,6-12H2,1H3,(H,22,23). The first-order valence-electron chi connectivity index (χ1n) is 9.68. The molecule has 1 aromatic carbocycles. The Hall–Kier alpha value is -2.41. The van der Waals surface area contributed by atoms with Crippen LogP contribution in [0.2, 0.25) is 0 Å². The summed E-state index contributed by atoms with van der Waals surface area (Å²) < 4.78 is 11.3. The number of fused-ring (bicyclic) bond motifs is 1. The molecule has 0 radical (unpaired) electrons. The van der Waals surface area contributed by atoms with Crippen LogP contribution in [0.3, 0.4) is 0 Å². The van der Waals surface area contributed by atoms with Gasteiger partial charge in [-0.15, -0.1) is 0 Å². The highest BCUT2D eigenvalue weighted by atomic mass is 16.5. The number of benzene rings is 1. The van der Waals surface area contributed by atoms with Crippen molar-refractivity contribution in [2.45, 2.75) is 32.3 Å². The zero-order valence-electron chi connectivity index (χ0n) is 15.6. The highest BCUT2D eigenvalue weighted by Gasteiger charge is 2.32. The van der Waals surface area contributed by atoms with Gasteiger partial charge in [0.2, 0.25) is 0 Å². The molecule has 2 N–H and O–H groups in total. The Balaban J connectivity index is 1.34. The van der Waals surface area contributed by atoms with Gasteiger partial charge in [0, 0.05) is 32.1 Å². The molecular weight excluding hydrogens is 344 g/mol. The van der Waals surface area contributed by atoms with Gasteiger partial charge in [0.1, 0.15) is 6.10 Å². The van der Waals surface area contributed by atoms with Crippen molar-refractivity contribution in [3.63, 3.8) is 0 Å². The molecule has 2 aliphatic heterocycles. The molecule has 0 saturated carbocycles. The molecule has 2 saturated heterocycles. The number of rotatable bonds is 4. The fraction of sp³-hybridized carbons (Fsp3) is 0.550. The van der Waals surface area contributed by atoms with E-state index in [2.05, 4.69) is 16.9 Å². The van der Waals surface area contributed by atoms with Crippen molar-refractivity contribution in [3.8, 4) is 0 Å². The predicted octanol–water partition coefficient (Wildman–Crippen LogP) is 2.83. The maximum absolute atomic E-state index is 12.7. The number of likely N-dealkylation sites (tertiary alicyclic amines) is 1. The summed E-state index contributed by atoms with van der Waals surface area (Å²) >= 11 is 0. The van der Waals surface area contributed by atoms with E-state index < -0.39 is 0 Å². The molecule has 3 heterocycles. The summed E-state index contributed by atoms with van der Waals surface area (Å²) in [7, 11) is 0. The van der Waals surface area contributed by atoms with Crippen LogP contribution in [0.4, 0.5) is 0 Å². The third-order valence-corrected chi connectivity index (χ3v) is 5.70. The van der Waals surface area contributed by atoms with E-state index in [1.165, 1.54) is 0 Å². The molecule has 2 atom stereocenters. The number of carbonyl (C=O) groups is 1. The lowest BCUT2D eigenvalue weighted by Crippen LogP contribution is -2.33. The van der Waals surface area contributed by atoms with Gasteiger partial charge >= 0.3 is 0 Å². The van der Waals surface area contributed by atoms with Crippen molar-refractivity contribution >= 4 is 22.8 Å². The molecule has 4 rings (SSSR count). The second-order valence-electron chi connectivity index (χ2n) is 7.48. The van der Waals surface area contributed by atoms with Crippen molar-refractivity contribution in [2.75, 3.05) is 26.3 Å². The van der Waals surface area contributed by atoms with E-state index in [0.717, 1.165) is 43.5 Å². The zero-order valence-corrected chi connectivity index (χ0v) is 15.6. The number of ether oxygens (including phenoxy) is 2. The van der Waals surface area contributed by atoms with Gasteiger partial charge in [0.05, 0.1) is 17.6 Å². The summed E-state index contributed by atoms with van der Waals surface area (Å²) in [5, 5.41) is 8.32. The van der Waals surface area contributed by atoms with E-state index in [4.69, 9.17) is 14.9 Å². The SMILES string of the molecule is CC(C(=N)OC1CCN(C(=O)c2nc3ccccc3[nH]2)C1)C1CCOCC1. The Morgan fingerprint density at radius 3 is 2.89 bits per heavy atom. The molecule has 7 heteroatoms. The van der Waals surface area contributed by atoms with Crippen LogP contribution in [0, 0.1) is 17.2 Å². The minimum absolute atomic E-state index is 0.0917. The van der Waals surface area contributed by atoms with Crippen molar-refractivity contribution in [3.05, 3.63) is 30.1 Å². The summed E-state index contributed by atoms with van der Waals surface area (Å²) in [4.78, 5) is 22.0. The number of para-hydroxylation sites is 2. The van der Waals surface area contributed by atoms with E-state index in [0.29, 0.717) is 30.7 Å². The van der Waals surface area contributed by atoms with Crippen LogP contribution in [-0.4, -0.2) is 59.1 Å². The van der Waals surface area contributed by atoms with Crippen LogP contribution in [-0.2, 0) is 9.47 Å². The van der Waals surface area contributed by atoms with Gasteiger partial charge in [0.15, 0.2) is 11.7 Å². The first kappa shape index (κ1) is 18.0. The van der Waals surface area contributed by atoms with E-state index >= 15 is 0 Å². The predicted molar refractivity (Wildman–Crippen MR) is 102 cm³/mol. The Morgan fingerprint density at radius 2 is 2.11 bits per heavy atom. The number of amides is 1. The lowest BCUT2D eigenvalue weighted by molar-refractivity contribution is 0.0524. The first-order chi connectivity index (χ1) is 13.1. The molecule has 1 aromatic heterocycles. The van der Waals surface area contributed by atoms with Crippen molar-refractivity contribution in [1.82, 2.24) is 14.9 Å². The molecule has 0 bridgehead atoms. The molecule has 0 spiro atoms. The number of H-pyrrole nitrogens is 1. The van der Waals surface area contributed by atoms with Crippen LogP contribution < -0.4 is 0 Å². The first-order valence-corrected chi connectivity index (χ1v) is 9.68. The lowest BCUT2D eigenvalue weighted by Gasteiger charge is -2.29. The molecule has 2 unspecified atom stereocenters. The van der Waals surface area contributed by atoms with Gasteiger partial charge in [0.25, 0.3) is 5.91 Å².